The summed E-state index contributed by atoms with van der Waals surface area (Å²) in [5, 5.41) is 0. The Morgan fingerprint density at radius 3 is 2.14 bits per heavy atom. The summed E-state index contributed by atoms with van der Waals surface area (Å²) in [4.78, 5) is 28.5. The highest BCUT2D eigenvalue weighted by atomic mass is 35.5. The molecule has 0 saturated carbocycles. The van der Waals surface area contributed by atoms with Crippen LogP contribution in [0.15, 0.2) is 77.6 Å². The van der Waals surface area contributed by atoms with Crippen LogP contribution in [0.4, 0.5) is 4.39 Å². The lowest BCUT2D eigenvalue weighted by Gasteiger charge is -2.31. The molecule has 6 nitrogen and oxygen atoms in total. The van der Waals surface area contributed by atoms with Crippen LogP contribution < -0.4 is 10.4 Å². The number of carbonyl (C=O) groups is 1. The molecule has 8 heteroatoms. The molecular weight excluding hydrogens is 493 g/mol. The minimum absolute atomic E-state index is 0. The standard InChI is InChI=1S/C29H30FN3O3.ClH/c1-36-25-12-6-21(7-13-25)20-33-27-5-3-2-4-26(27)32(29(33)35)19-18-31-16-14-23(15-17-31)28(34)22-8-10-24(30)11-9-22;/h2-13,23H,14-20H2,1H3;1H. The summed E-state index contributed by atoms with van der Waals surface area (Å²) in [6.45, 7) is 3.43. The molecule has 5 rings (SSSR count). The number of Topliss-reactive ketones (excluding diaryl/α,β-unsaturated/α-hetero) is 1. The smallest absolute Gasteiger partial charge is 0.329 e. The molecular formula is C29H31ClFN3O3. The topological polar surface area (TPSA) is 56.5 Å². The van der Waals surface area contributed by atoms with Crippen molar-refractivity contribution < 1.29 is 13.9 Å². The van der Waals surface area contributed by atoms with Crippen LogP contribution in [-0.4, -0.2) is 46.6 Å². The number of methoxy groups -OCH3 is 1. The monoisotopic (exact) mass is 523 g/mol. The summed E-state index contributed by atoms with van der Waals surface area (Å²) in [6.07, 6.45) is 1.54. The molecule has 0 atom stereocenters. The van der Waals surface area contributed by atoms with Gasteiger partial charge in [0, 0.05) is 24.6 Å². The molecule has 0 N–H and O–H groups in total. The van der Waals surface area contributed by atoms with Gasteiger partial charge >= 0.3 is 5.69 Å². The van der Waals surface area contributed by atoms with E-state index in [9.17, 15) is 14.0 Å². The number of fused-ring (bicyclic) bond motifs is 1. The van der Waals surface area contributed by atoms with Crippen LogP contribution in [0.1, 0.15) is 28.8 Å². The molecule has 0 bridgehead atoms. The fraction of sp³-hybridized carbons (Fsp3) is 0.310. The summed E-state index contributed by atoms with van der Waals surface area (Å²) in [5.74, 6) is 0.506. The fourth-order valence-corrected chi connectivity index (χ4v) is 5.06. The van der Waals surface area contributed by atoms with Crippen molar-refractivity contribution in [3.63, 3.8) is 0 Å². The average molecular weight is 524 g/mol. The molecule has 1 aliphatic heterocycles. The van der Waals surface area contributed by atoms with Crippen molar-refractivity contribution in [3.8, 4) is 5.75 Å². The van der Waals surface area contributed by atoms with Crippen LogP contribution in [0.3, 0.4) is 0 Å². The van der Waals surface area contributed by atoms with Gasteiger partial charge in [-0.05, 0) is 80.0 Å². The van der Waals surface area contributed by atoms with Crippen LogP contribution >= 0.6 is 12.4 Å². The number of piperidine rings is 1. The van der Waals surface area contributed by atoms with Gasteiger partial charge in [0.2, 0.25) is 0 Å². The SMILES string of the molecule is COc1ccc(Cn2c(=O)n(CCN3CCC(C(=O)c4ccc(F)cc4)CC3)c3ccccc32)cc1.Cl. The number of hydrogen-bond donors (Lipinski definition) is 0. The Labute approximate surface area is 221 Å². The molecule has 1 aliphatic rings. The Morgan fingerprint density at radius 2 is 1.51 bits per heavy atom. The first-order valence-electron chi connectivity index (χ1n) is 12.4. The summed E-state index contributed by atoms with van der Waals surface area (Å²) < 4.78 is 22.1. The third-order valence-corrected chi connectivity index (χ3v) is 7.15. The van der Waals surface area contributed by atoms with E-state index in [4.69, 9.17) is 4.74 Å². The minimum atomic E-state index is -0.332. The maximum absolute atomic E-state index is 13.4. The highest BCUT2D eigenvalue weighted by molar-refractivity contribution is 5.97. The third-order valence-electron chi connectivity index (χ3n) is 7.15. The van der Waals surface area contributed by atoms with Gasteiger partial charge in [0.15, 0.2) is 5.78 Å². The maximum Gasteiger partial charge on any atom is 0.329 e. The van der Waals surface area contributed by atoms with E-state index in [2.05, 4.69) is 4.90 Å². The second kappa shape index (κ2) is 11.8. The fourth-order valence-electron chi connectivity index (χ4n) is 5.06. The van der Waals surface area contributed by atoms with E-state index in [1.807, 2.05) is 57.7 Å². The number of likely N-dealkylation sites (tertiary alicyclic amines) is 1. The highest BCUT2D eigenvalue weighted by Gasteiger charge is 2.26. The summed E-state index contributed by atoms with van der Waals surface area (Å²) in [5.41, 5.74) is 3.44. The van der Waals surface area contributed by atoms with E-state index in [1.54, 1.807) is 19.2 Å². The normalized spacial score (nSPS) is 14.4. The average Bonchev–Trinajstić information content (AvgIpc) is 3.18. The molecule has 1 aromatic heterocycles. The van der Waals surface area contributed by atoms with Gasteiger partial charge < -0.3 is 9.64 Å². The first kappa shape index (κ1) is 26.6. The number of halogens is 2. The first-order valence-corrected chi connectivity index (χ1v) is 12.4. The molecule has 4 aromatic rings. The number of ketones is 1. The van der Waals surface area contributed by atoms with Crippen LogP contribution in [0.25, 0.3) is 11.0 Å². The van der Waals surface area contributed by atoms with E-state index in [0.717, 1.165) is 54.8 Å². The van der Waals surface area contributed by atoms with Crippen molar-refractivity contribution >= 4 is 29.2 Å². The van der Waals surface area contributed by atoms with Gasteiger partial charge in [0.1, 0.15) is 11.6 Å². The van der Waals surface area contributed by atoms with Crippen LogP contribution in [-0.2, 0) is 13.1 Å². The summed E-state index contributed by atoms with van der Waals surface area (Å²) >= 11 is 0. The zero-order valence-electron chi connectivity index (χ0n) is 20.8. The Kier molecular flexibility index (Phi) is 8.46. The van der Waals surface area contributed by atoms with Gasteiger partial charge in [-0.3, -0.25) is 13.9 Å². The molecule has 1 fully saturated rings. The quantitative estimate of drug-likeness (QED) is 0.304. The molecule has 0 spiro atoms. The molecule has 37 heavy (non-hydrogen) atoms. The third kappa shape index (κ3) is 5.78. The lowest BCUT2D eigenvalue weighted by atomic mass is 9.89. The predicted molar refractivity (Wildman–Crippen MR) is 145 cm³/mol. The van der Waals surface area contributed by atoms with Crippen molar-refractivity contribution in [1.82, 2.24) is 14.0 Å². The zero-order valence-corrected chi connectivity index (χ0v) is 21.6. The lowest BCUT2D eigenvalue weighted by Crippen LogP contribution is -2.39. The summed E-state index contributed by atoms with van der Waals surface area (Å²) in [6, 6.07) is 21.5. The van der Waals surface area contributed by atoms with Gasteiger partial charge in [-0.2, -0.15) is 0 Å². The second-order valence-electron chi connectivity index (χ2n) is 9.34. The van der Waals surface area contributed by atoms with Gasteiger partial charge in [0.05, 0.1) is 24.7 Å². The predicted octanol–water partition coefficient (Wildman–Crippen LogP) is 5.02. The molecule has 2 heterocycles. The van der Waals surface area contributed by atoms with Crippen LogP contribution in [0.2, 0.25) is 0 Å². The second-order valence-corrected chi connectivity index (χ2v) is 9.34. The van der Waals surface area contributed by atoms with Crippen LogP contribution in [0, 0.1) is 11.7 Å². The molecule has 0 radical (unpaired) electrons. The molecule has 0 aliphatic carbocycles. The largest absolute Gasteiger partial charge is 0.497 e. The first-order chi connectivity index (χ1) is 17.5. The maximum atomic E-state index is 13.4. The Bertz CT molecular complexity index is 1410. The number of nitrogens with zero attached hydrogens (tertiary/aromatic N) is 3. The van der Waals surface area contributed by atoms with Crippen LogP contribution in [0.5, 0.6) is 5.75 Å². The van der Waals surface area contributed by atoms with E-state index in [-0.39, 0.29) is 35.6 Å². The van der Waals surface area contributed by atoms with E-state index >= 15 is 0 Å². The summed E-state index contributed by atoms with van der Waals surface area (Å²) in [7, 11) is 1.64. The van der Waals surface area contributed by atoms with Crippen molar-refractivity contribution in [2.24, 2.45) is 5.92 Å². The number of aromatic nitrogens is 2. The Hall–Kier alpha value is -3.42. The Morgan fingerprint density at radius 1 is 0.892 bits per heavy atom. The minimum Gasteiger partial charge on any atom is -0.497 e. The van der Waals surface area contributed by atoms with Gasteiger partial charge in [0.25, 0.3) is 0 Å². The van der Waals surface area contributed by atoms with E-state index < -0.39 is 0 Å². The number of benzene rings is 3. The number of ether oxygens (including phenoxy) is 1. The number of imidazole rings is 1. The number of para-hydroxylation sites is 2. The number of rotatable bonds is 8. The molecule has 1 saturated heterocycles. The molecule has 194 valence electrons. The van der Waals surface area contributed by atoms with Crippen molar-refractivity contribution in [3.05, 3.63) is 100 Å². The lowest BCUT2D eigenvalue weighted by molar-refractivity contribution is 0.0837. The molecule has 0 unspecified atom stereocenters. The zero-order chi connectivity index (χ0) is 25.1. The van der Waals surface area contributed by atoms with E-state index in [0.29, 0.717) is 18.7 Å². The van der Waals surface area contributed by atoms with E-state index in [1.165, 1.54) is 12.1 Å². The molecule has 0 amide bonds. The Balaban J connectivity index is 0.00000320. The van der Waals surface area contributed by atoms with Gasteiger partial charge in [-0.1, -0.05) is 24.3 Å². The van der Waals surface area contributed by atoms with Crippen molar-refractivity contribution in [2.75, 3.05) is 26.7 Å². The van der Waals surface area contributed by atoms with Crippen molar-refractivity contribution in [2.45, 2.75) is 25.9 Å². The highest BCUT2D eigenvalue weighted by Crippen LogP contribution is 2.23. The van der Waals surface area contributed by atoms with Gasteiger partial charge in [-0.25, -0.2) is 9.18 Å². The number of hydrogen-bond acceptors (Lipinski definition) is 4. The molecule has 3 aromatic carbocycles. The number of carbonyl (C=O) groups excluding carboxylic acids is 1. The van der Waals surface area contributed by atoms with Gasteiger partial charge in [-0.15, -0.1) is 12.4 Å². The van der Waals surface area contributed by atoms with Crippen molar-refractivity contribution in [1.29, 1.82) is 0 Å².